The second kappa shape index (κ2) is 10.8. The molecule has 0 radical (unpaired) electrons. The molecule has 1 aliphatic heterocycles. The molecule has 1 aliphatic rings. The van der Waals surface area contributed by atoms with Gasteiger partial charge >= 0.3 is 12.1 Å². The molecule has 1 aromatic carbocycles. The maximum absolute atomic E-state index is 12.4. The number of benzene rings is 1. The summed E-state index contributed by atoms with van der Waals surface area (Å²) in [5.74, 6) is -1.20. The molecule has 0 saturated heterocycles. The quantitative estimate of drug-likeness (QED) is 0.455. The zero-order valence-electron chi connectivity index (χ0n) is 15.3. The lowest BCUT2D eigenvalue weighted by Crippen LogP contribution is -2.48. The molecule has 1 unspecified atom stereocenters. The van der Waals surface area contributed by atoms with E-state index >= 15 is 0 Å². The Bertz CT molecular complexity index is 708. The van der Waals surface area contributed by atoms with Gasteiger partial charge in [0.05, 0.1) is 13.7 Å². The van der Waals surface area contributed by atoms with Crippen LogP contribution in [0.2, 0.25) is 0 Å². The van der Waals surface area contributed by atoms with Crippen LogP contribution in [0.15, 0.2) is 42.3 Å². The maximum atomic E-state index is 12.4. The van der Waals surface area contributed by atoms with Crippen molar-refractivity contribution < 1.29 is 33.8 Å². The van der Waals surface area contributed by atoms with Crippen molar-refractivity contribution in [3.63, 3.8) is 0 Å². The molecule has 1 heterocycles. The largest absolute Gasteiger partial charge is 0.481 e. The Hall–Kier alpha value is -3.27. The molecule has 10 nitrogen and oxygen atoms in total. The third-order valence-corrected chi connectivity index (χ3v) is 3.81. The van der Waals surface area contributed by atoms with Gasteiger partial charge in [-0.25, -0.2) is 10.3 Å². The van der Waals surface area contributed by atoms with E-state index in [2.05, 4.69) is 16.1 Å². The standard InChI is InChI=1S/C18H23N3O7/c1-26-15-9-13(28-21-15)10-19-17(24)14(7-8-16(22)23)20-18(25)27-11-12-5-3-2-4-6-12/h2-6,9,13-14,21H,7-8,10-11H2,1H3,(H,19,24)(H,20,25)(H,22,23)/t13?,14-/m0/s1. The van der Waals surface area contributed by atoms with Crippen molar-refractivity contribution in [1.82, 2.24) is 16.1 Å². The molecule has 0 aromatic heterocycles. The number of hydrogen-bond acceptors (Lipinski definition) is 7. The first-order chi connectivity index (χ1) is 13.5. The van der Waals surface area contributed by atoms with Gasteiger partial charge < -0.3 is 25.2 Å². The van der Waals surface area contributed by atoms with Crippen molar-refractivity contribution in [3.05, 3.63) is 47.9 Å². The number of carboxylic acids is 1. The van der Waals surface area contributed by atoms with Crippen molar-refractivity contribution >= 4 is 18.0 Å². The number of amides is 2. The fourth-order valence-corrected chi connectivity index (χ4v) is 2.35. The second-order valence-corrected chi connectivity index (χ2v) is 5.93. The third-order valence-electron chi connectivity index (χ3n) is 3.81. The van der Waals surface area contributed by atoms with Gasteiger partial charge in [0.25, 0.3) is 0 Å². The zero-order chi connectivity index (χ0) is 20.4. The number of methoxy groups -OCH3 is 1. The molecule has 0 spiro atoms. The Labute approximate surface area is 161 Å². The van der Waals surface area contributed by atoms with Crippen LogP contribution in [0.5, 0.6) is 0 Å². The maximum Gasteiger partial charge on any atom is 0.408 e. The Kier molecular flexibility index (Phi) is 8.10. The van der Waals surface area contributed by atoms with Crippen molar-refractivity contribution in [2.45, 2.75) is 31.6 Å². The Balaban J connectivity index is 1.85. The predicted molar refractivity (Wildman–Crippen MR) is 96.5 cm³/mol. The van der Waals surface area contributed by atoms with Crippen LogP contribution in [-0.2, 0) is 30.5 Å². The average molecular weight is 393 g/mol. The highest BCUT2D eigenvalue weighted by atomic mass is 16.7. The summed E-state index contributed by atoms with van der Waals surface area (Å²) < 4.78 is 10.0. The van der Waals surface area contributed by atoms with Crippen LogP contribution >= 0.6 is 0 Å². The SMILES string of the molecule is COC1=CC(CNC(=O)[C@H](CCC(=O)O)NC(=O)OCc2ccccc2)ON1. The molecule has 0 fully saturated rings. The van der Waals surface area contributed by atoms with Crippen LogP contribution in [0, 0.1) is 0 Å². The molecule has 1 aromatic rings. The Morgan fingerprint density at radius 3 is 2.68 bits per heavy atom. The first-order valence-corrected chi connectivity index (χ1v) is 8.62. The minimum atomic E-state index is -1.08. The molecule has 2 atom stereocenters. The lowest BCUT2D eigenvalue weighted by molar-refractivity contribution is -0.137. The highest BCUT2D eigenvalue weighted by molar-refractivity contribution is 5.86. The molecular formula is C18H23N3O7. The highest BCUT2D eigenvalue weighted by Gasteiger charge is 2.24. The number of aliphatic carboxylic acids is 1. The van der Waals surface area contributed by atoms with E-state index in [-0.39, 0.29) is 26.0 Å². The molecule has 2 amide bonds. The first-order valence-electron chi connectivity index (χ1n) is 8.62. The monoisotopic (exact) mass is 393 g/mol. The number of rotatable bonds is 10. The Morgan fingerprint density at radius 1 is 1.29 bits per heavy atom. The number of alkyl carbamates (subject to hydrolysis) is 1. The molecule has 28 heavy (non-hydrogen) atoms. The van der Waals surface area contributed by atoms with Crippen LogP contribution in [-0.4, -0.2) is 48.9 Å². The summed E-state index contributed by atoms with van der Waals surface area (Å²) in [5, 5.41) is 13.9. The van der Waals surface area contributed by atoms with Gasteiger partial charge in [-0.05, 0) is 12.0 Å². The summed E-state index contributed by atoms with van der Waals surface area (Å²) in [4.78, 5) is 40.4. The summed E-state index contributed by atoms with van der Waals surface area (Å²) in [6.07, 6.45) is 0.00373. The number of carbonyl (C=O) groups is 3. The summed E-state index contributed by atoms with van der Waals surface area (Å²) in [7, 11) is 1.47. The molecule has 2 rings (SSSR count). The fraction of sp³-hybridized carbons (Fsp3) is 0.389. The van der Waals surface area contributed by atoms with Crippen LogP contribution in [0.4, 0.5) is 4.79 Å². The van der Waals surface area contributed by atoms with Crippen LogP contribution in [0.3, 0.4) is 0 Å². The van der Waals surface area contributed by atoms with Gasteiger partial charge in [0.15, 0.2) is 0 Å². The number of hydroxylamine groups is 1. The van der Waals surface area contributed by atoms with Gasteiger partial charge in [-0.15, -0.1) is 0 Å². The summed E-state index contributed by atoms with van der Waals surface area (Å²) >= 11 is 0. The molecule has 0 saturated carbocycles. The van der Waals surface area contributed by atoms with Gasteiger partial charge in [0, 0.05) is 12.5 Å². The van der Waals surface area contributed by atoms with Gasteiger partial charge in [0.1, 0.15) is 18.8 Å². The molecule has 4 N–H and O–H groups in total. The minimum Gasteiger partial charge on any atom is -0.481 e. The highest BCUT2D eigenvalue weighted by Crippen LogP contribution is 2.07. The summed E-state index contributed by atoms with van der Waals surface area (Å²) in [6.45, 7) is 0.148. The van der Waals surface area contributed by atoms with Crippen molar-refractivity contribution in [2.24, 2.45) is 0 Å². The third kappa shape index (κ3) is 7.16. The van der Waals surface area contributed by atoms with Gasteiger partial charge in [-0.1, -0.05) is 30.3 Å². The number of carboxylic acid groups (broad SMARTS) is 1. The van der Waals surface area contributed by atoms with E-state index in [1.54, 1.807) is 18.2 Å². The lowest BCUT2D eigenvalue weighted by atomic mass is 10.1. The topological polar surface area (TPSA) is 135 Å². The number of carbonyl (C=O) groups excluding carboxylic acids is 2. The van der Waals surface area contributed by atoms with E-state index in [0.29, 0.717) is 5.88 Å². The van der Waals surface area contributed by atoms with Gasteiger partial charge in [-0.2, -0.15) is 0 Å². The van der Waals surface area contributed by atoms with E-state index in [1.165, 1.54) is 7.11 Å². The average Bonchev–Trinajstić information content (AvgIpc) is 3.16. The van der Waals surface area contributed by atoms with Crippen LogP contribution in [0.25, 0.3) is 0 Å². The summed E-state index contributed by atoms with van der Waals surface area (Å²) in [5.41, 5.74) is 3.32. The molecular weight excluding hydrogens is 370 g/mol. The van der Waals surface area contributed by atoms with Crippen LogP contribution in [0.1, 0.15) is 18.4 Å². The van der Waals surface area contributed by atoms with E-state index in [0.717, 1.165) is 5.56 Å². The number of nitrogens with one attached hydrogen (secondary N) is 3. The molecule has 10 heteroatoms. The van der Waals surface area contributed by atoms with Crippen molar-refractivity contribution in [2.75, 3.05) is 13.7 Å². The van der Waals surface area contributed by atoms with E-state index in [1.807, 2.05) is 18.2 Å². The van der Waals surface area contributed by atoms with Gasteiger partial charge in [-0.3, -0.25) is 14.4 Å². The van der Waals surface area contributed by atoms with Crippen LogP contribution < -0.4 is 16.1 Å². The number of hydrogen-bond donors (Lipinski definition) is 4. The smallest absolute Gasteiger partial charge is 0.408 e. The summed E-state index contributed by atoms with van der Waals surface area (Å²) in [6, 6.07) is 7.98. The zero-order valence-corrected chi connectivity index (χ0v) is 15.3. The number of ether oxygens (including phenoxy) is 2. The van der Waals surface area contributed by atoms with E-state index in [4.69, 9.17) is 19.4 Å². The molecule has 0 bridgehead atoms. The van der Waals surface area contributed by atoms with Crippen molar-refractivity contribution in [1.29, 1.82) is 0 Å². The lowest BCUT2D eigenvalue weighted by Gasteiger charge is -2.18. The molecule has 152 valence electrons. The first kappa shape index (κ1) is 21.0. The Morgan fingerprint density at radius 2 is 2.04 bits per heavy atom. The van der Waals surface area contributed by atoms with Crippen molar-refractivity contribution in [3.8, 4) is 0 Å². The van der Waals surface area contributed by atoms with E-state index < -0.39 is 30.1 Å². The van der Waals surface area contributed by atoms with Gasteiger partial charge in [0.2, 0.25) is 11.8 Å². The molecule has 0 aliphatic carbocycles. The normalized spacial score (nSPS) is 16.3. The van der Waals surface area contributed by atoms with E-state index in [9.17, 15) is 14.4 Å². The minimum absolute atomic E-state index is 0.0338. The predicted octanol–water partition coefficient (Wildman–Crippen LogP) is 0.654. The second-order valence-electron chi connectivity index (χ2n) is 5.93. The fourth-order valence-electron chi connectivity index (χ4n) is 2.35.